The number of halogens is 1. The van der Waals surface area contributed by atoms with Gasteiger partial charge in [-0.05, 0) is 43.4 Å². The van der Waals surface area contributed by atoms with Gasteiger partial charge in [0.2, 0.25) is 0 Å². The lowest BCUT2D eigenvalue weighted by atomic mass is 10.1. The van der Waals surface area contributed by atoms with Gasteiger partial charge in [0.25, 0.3) is 0 Å². The van der Waals surface area contributed by atoms with E-state index in [-0.39, 0.29) is 6.10 Å². The molecule has 1 aromatic heterocycles. The van der Waals surface area contributed by atoms with Crippen LogP contribution in [0.2, 0.25) is 5.02 Å². The Morgan fingerprint density at radius 3 is 2.72 bits per heavy atom. The molecule has 3 rings (SSSR count). The van der Waals surface area contributed by atoms with E-state index < -0.39 is 0 Å². The average molecular weight is 355 g/mol. The second kappa shape index (κ2) is 8.04. The molecule has 1 heterocycles. The number of rotatable bonds is 5. The van der Waals surface area contributed by atoms with Gasteiger partial charge in [0, 0.05) is 11.1 Å². The van der Waals surface area contributed by atoms with Crippen LogP contribution in [-0.2, 0) is 0 Å². The molecule has 0 amide bonds. The molecular weight excluding hydrogens is 336 g/mol. The van der Waals surface area contributed by atoms with E-state index >= 15 is 0 Å². The standard InChI is InChI=1S/C20H19ClN2O2/c1-24-20-13-23-18(11-19(20)25-16-7-3-4-8-16)15(12-22)10-14-6-2-5-9-17(14)21/h2,5-6,9-11,13,16H,3-4,7-8H2,1H3. The van der Waals surface area contributed by atoms with Crippen molar-refractivity contribution >= 4 is 23.3 Å². The summed E-state index contributed by atoms with van der Waals surface area (Å²) in [4.78, 5) is 4.34. The number of ether oxygens (including phenoxy) is 2. The third kappa shape index (κ3) is 4.12. The summed E-state index contributed by atoms with van der Waals surface area (Å²) in [5.74, 6) is 1.20. The van der Waals surface area contributed by atoms with Gasteiger partial charge in [0.1, 0.15) is 6.07 Å². The molecule has 0 bridgehead atoms. The highest BCUT2D eigenvalue weighted by Gasteiger charge is 2.19. The van der Waals surface area contributed by atoms with Crippen LogP contribution in [0.5, 0.6) is 11.5 Å². The van der Waals surface area contributed by atoms with E-state index in [0.29, 0.717) is 27.8 Å². The van der Waals surface area contributed by atoms with Crippen LogP contribution >= 0.6 is 11.6 Å². The van der Waals surface area contributed by atoms with E-state index in [1.54, 1.807) is 31.5 Å². The minimum atomic E-state index is 0.197. The molecule has 1 fully saturated rings. The number of nitrogens with zero attached hydrogens (tertiary/aromatic N) is 2. The van der Waals surface area contributed by atoms with Crippen LogP contribution in [0, 0.1) is 11.3 Å². The van der Waals surface area contributed by atoms with Gasteiger partial charge in [-0.15, -0.1) is 0 Å². The van der Waals surface area contributed by atoms with Gasteiger partial charge < -0.3 is 9.47 Å². The number of benzene rings is 1. The van der Waals surface area contributed by atoms with Crippen LogP contribution in [0.25, 0.3) is 11.6 Å². The molecule has 0 aliphatic heterocycles. The predicted molar refractivity (Wildman–Crippen MR) is 98.6 cm³/mol. The van der Waals surface area contributed by atoms with Crippen molar-refractivity contribution in [3.05, 3.63) is 52.8 Å². The molecule has 0 atom stereocenters. The van der Waals surface area contributed by atoms with Crippen molar-refractivity contribution in [2.75, 3.05) is 7.11 Å². The molecule has 0 unspecified atom stereocenters. The van der Waals surface area contributed by atoms with E-state index in [1.165, 1.54) is 12.8 Å². The zero-order valence-electron chi connectivity index (χ0n) is 14.0. The number of hydrogen-bond donors (Lipinski definition) is 0. The van der Waals surface area contributed by atoms with Crippen molar-refractivity contribution in [2.45, 2.75) is 31.8 Å². The monoisotopic (exact) mass is 354 g/mol. The first-order valence-corrected chi connectivity index (χ1v) is 8.66. The fraction of sp³-hybridized carbons (Fsp3) is 0.300. The molecule has 0 saturated heterocycles. The summed E-state index contributed by atoms with van der Waals surface area (Å²) in [6.07, 6.45) is 7.97. The molecule has 0 N–H and O–H groups in total. The Balaban J connectivity index is 1.95. The smallest absolute Gasteiger partial charge is 0.179 e. The lowest BCUT2D eigenvalue weighted by molar-refractivity contribution is 0.200. The van der Waals surface area contributed by atoms with Crippen molar-refractivity contribution in [3.63, 3.8) is 0 Å². The Labute approximate surface area is 152 Å². The second-order valence-corrected chi connectivity index (χ2v) is 6.34. The molecule has 25 heavy (non-hydrogen) atoms. The van der Waals surface area contributed by atoms with Crippen LogP contribution in [0.4, 0.5) is 0 Å². The maximum absolute atomic E-state index is 9.56. The molecule has 5 heteroatoms. The molecule has 1 aromatic carbocycles. The predicted octanol–water partition coefficient (Wildman–Crippen LogP) is 5.13. The highest BCUT2D eigenvalue weighted by molar-refractivity contribution is 6.32. The van der Waals surface area contributed by atoms with Gasteiger partial charge in [-0.1, -0.05) is 29.8 Å². The van der Waals surface area contributed by atoms with Crippen LogP contribution in [-0.4, -0.2) is 18.2 Å². The van der Waals surface area contributed by atoms with Crippen molar-refractivity contribution < 1.29 is 9.47 Å². The fourth-order valence-corrected chi connectivity index (χ4v) is 3.10. The lowest BCUT2D eigenvalue weighted by Crippen LogP contribution is -2.12. The average Bonchev–Trinajstić information content (AvgIpc) is 3.14. The highest BCUT2D eigenvalue weighted by Crippen LogP contribution is 2.33. The minimum absolute atomic E-state index is 0.197. The number of hydrogen-bond acceptors (Lipinski definition) is 4. The third-order valence-electron chi connectivity index (χ3n) is 4.25. The quantitative estimate of drug-likeness (QED) is 0.698. The van der Waals surface area contributed by atoms with Gasteiger partial charge in [-0.25, -0.2) is 0 Å². The summed E-state index contributed by atoms with van der Waals surface area (Å²) in [5, 5.41) is 10.1. The van der Waals surface area contributed by atoms with Gasteiger partial charge >= 0.3 is 0 Å². The van der Waals surface area contributed by atoms with Gasteiger partial charge in [0.15, 0.2) is 11.5 Å². The Morgan fingerprint density at radius 2 is 2.04 bits per heavy atom. The lowest BCUT2D eigenvalue weighted by Gasteiger charge is -2.16. The van der Waals surface area contributed by atoms with Gasteiger partial charge in [0.05, 0.1) is 30.7 Å². The summed E-state index contributed by atoms with van der Waals surface area (Å²) in [7, 11) is 1.59. The van der Waals surface area contributed by atoms with Crippen molar-refractivity contribution in [1.29, 1.82) is 5.26 Å². The Kier molecular flexibility index (Phi) is 5.57. The molecule has 4 nitrogen and oxygen atoms in total. The zero-order valence-corrected chi connectivity index (χ0v) is 14.8. The SMILES string of the molecule is COc1cnc(C(C#N)=Cc2ccccc2Cl)cc1OC1CCCC1. The molecule has 0 spiro atoms. The van der Waals surface area contributed by atoms with E-state index in [4.69, 9.17) is 21.1 Å². The van der Waals surface area contributed by atoms with Crippen molar-refractivity contribution in [1.82, 2.24) is 4.98 Å². The van der Waals surface area contributed by atoms with Crippen LogP contribution in [0.15, 0.2) is 36.5 Å². The normalized spacial score (nSPS) is 15.0. The molecule has 1 aliphatic rings. The Bertz CT molecular complexity index is 821. The number of nitriles is 1. The van der Waals surface area contributed by atoms with E-state index in [1.807, 2.05) is 18.2 Å². The van der Waals surface area contributed by atoms with E-state index in [0.717, 1.165) is 18.4 Å². The highest BCUT2D eigenvalue weighted by atomic mass is 35.5. The molecule has 128 valence electrons. The molecule has 0 radical (unpaired) electrons. The number of methoxy groups -OCH3 is 1. The third-order valence-corrected chi connectivity index (χ3v) is 4.59. The first-order chi connectivity index (χ1) is 12.2. The topological polar surface area (TPSA) is 55.1 Å². The largest absolute Gasteiger partial charge is 0.491 e. The Morgan fingerprint density at radius 1 is 1.28 bits per heavy atom. The Hall–Kier alpha value is -2.51. The first kappa shape index (κ1) is 17.3. The van der Waals surface area contributed by atoms with Crippen LogP contribution in [0.3, 0.4) is 0 Å². The number of aromatic nitrogens is 1. The summed E-state index contributed by atoms with van der Waals surface area (Å²) in [5.41, 5.74) is 1.74. The molecular formula is C20H19ClN2O2. The summed E-state index contributed by atoms with van der Waals surface area (Å²) < 4.78 is 11.4. The summed E-state index contributed by atoms with van der Waals surface area (Å²) >= 11 is 6.19. The van der Waals surface area contributed by atoms with Gasteiger partial charge in [-0.2, -0.15) is 5.26 Å². The van der Waals surface area contributed by atoms with Crippen molar-refractivity contribution in [2.24, 2.45) is 0 Å². The number of allylic oxidation sites excluding steroid dienone is 1. The first-order valence-electron chi connectivity index (χ1n) is 8.28. The fourth-order valence-electron chi connectivity index (χ4n) is 2.91. The molecule has 1 saturated carbocycles. The molecule has 2 aromatic rings. The van der Waals surface area contributed by atoms with Crippen LogP contribution < -0.4 is 9.47 Å². The molecule has 1 aliphatic carbocycles. The summed E-state index contributed by atoms with van der Waals surface area (Å²) in [6.45, 7) is 0. The summed E-state index contributed by atoms with van der Waals surface area (Å²) in [6, 6.07) is 11.3. The van der Waals surface area contributed by atoms with Crippen LogP contribution in [0.1, 0.15) is 36.9 Å². The maximum atomic E-state index is 9.56. The van der Waals surface area contributed by atoms with E-state index in [9.17, 15) is 5.26 Å². The maximum Gasteiger partial charge on any atom is 0.179 e. The van der Waals surface area contributed by atoms with Crippen molar-refractivity contribution in [3.8, 4) is 17.6 Å². The minimum Gasteiger partial charge on any atom is -0.491 e. The second-order valence-electron chi connectivity index (χ2n) is 5.94. The number of pyridine rings is 1. The van der Waals surface area contributed by atoms with E-state index in [2.05, 4.69) is 11.1 Å². The zero-order chi connectivity index (χ0) is 17.6. The van der Waals surface area contributed by atoms with Gasteiger partial charge in [-0.3, -0.25) is 4.98 Å².